The third-order valence-corrected chi connectivity index (χ3v) is 3.35. The minimum atomic E-state index is -0.608. The largest absolute Gasteiger partial charge is 0.385 e. The molecule has 0 fully saturated rings. The van der Waals surface area contributed by atoms with Crippen LogP contribution in [0.1, 0.15) is 30.3 Å². The molecule has 0 bridgehead atoms. The van der Waals surface area contributed by atoms with E-state index >= 15 is 0 Å². The van der Waals surface area contributed by atoms with Crippen molar-refractivity contribution < 1.29 is 9.84 Å². The van der Waals surface area contributed by atoms with E-state index < -0.39 is 6.10 Å². The molecule has 1 heterocycles. The van der Waals surface area contributed by atoms with Gasteiger partial charge in [-0.15, -0.1) is 0 Å². The maximum Gasteiger partial charge on any atom is 0.113 e. The average molecular weight is 248 g/mol. The molecule has 1 aromatic heterocycles. The van der Waals surface area contributed by atoms with E-state index in [0.29, 0.717) is 6.61 Å². The summed E-state index contributed by atoms with van der Waals surface area (Å²) in [5.41, 5.74) is 1.92. The first kappa shape index (κ1) is 12.3. The molecule has 0 amide bonds. The maximum absolute atomic E-state index is 10.3. The van der Waals surface area contributed by atoms with Gasteiger partial charge < -0.3 is 9.84 Å². The van der Waals surface area contributed by atoms with Crippen LogP contribution < -0.4 is 0 Å². The molecule has 17 heavy (non-hydrogen) atoms. The first-order valence-electron chi connectivity index (χ1n) is 5.69. The second-order valence-corrected chi connectivity index (χ2v) is 4.57. The SMILES string of the molecule is CCOC(c1ccccc1)C(O)c1ccsc1. The topological polar surface area (TPSA) is 29.5 Å². The first-order chi connectivity index (χ1) is 8.33. The lowest BCUT2D eigenvalue weighted by molar-refractivity contribution is -0.0359. The van der Waals surface area contributed by atoms with Crippen LogP contribution in [0.15, 0.2) is 47.2 Å². The highest BCUT2D eigenvalue weighted by atomic mass is 32.1. The molecule has 2 rings (SSSR count). The van der Waals surface area contributed by atoms with Gasteiger partial charge in [-0.1, -0.05) is 30.3 Å². The summed E-state index contributed by atoms with van der Waals surface area (Å²) in [6.45, 7) is 2.52. The Labute approximate surface area is 105 Å². The van der Waals surface area contributed by atoms with Crippen molar-refractivity contribution in [2.24, 2.45) is 0 Å². The summed E-state index contributed by atoms with van der Waals surface area (Å²) in [6, 6.07) is 11.8. The van der Waals surface area contributed by atoms with Crippen molar-refractivity contribution in [3.63, 3.8) is 0 Å². The maximum atomic E-state index is 10.3. The lowest BCUT2D eigenvalue weighted by Crippen LogP contribution is -2.14. The molecule has 0 spiro atoms. The molecule has 0 saturated carbocycles. The van der Waals surface area contributed by atoms with Crippen LogP contribution in [-0.4, -0.2) is 11.7 Å². The smallest absolute Gasteiger partial charge is 0.113 e. The number of aliphatic hydroxyl groups is 1. The molecule has 2 unspecified atom stereocenters. The highest BCUT2D eigenvalue weighted by Crippen LogP contribution is 2.32. The molecule has 1 aromatic carbocycles. The Hall–Kier alpha value is -1.16. The van der Waals surface area contributed by atoms with Crippen LogP contribution in [0.4, 0.5) is 0 Å². The van der Waals surface area contributed by atoms with E-state index in [4.69, 9.17) is 4.74 Å². The molecule has 2 aromatic rings. The fraction of sp³-hybridized carbons (Fsp3) is 0.286. The van der Waals surface area contributed by atoms with Gasteiger partial charge in [0.25, 0.3) is 0 Å². The number of benzene rings is 1. The third-order valence-electron chi connectivity index (χ3n) is 2.65. The zero-order chi connectivity index (χ0) is 12.1. The summed E-state index contributed by atoms with van der Waals surface area (Å²) in [4.78, 5) is 0. The molecule has 0 aliphatic rings. The number of aliphatic hydroxyl groups excluding tert-OH is 1. The molecule has 2 nitrogen and oxygen atoms in total. The van der Waals surface area contributed by atoms with Crippen molar-refractivity contribution in [1.29, 1.82) is 0 Å². The molecule has 2 atom stereocenters. The normalized spacial score (nSPS) is 14.5. The predicted octanol–water partition coefficient (Wildman–Crippen LogP) is 3.56. The number of rotatable bonds is 5. The Kier molecular flexibility index (Phi) is 4.31. The van der Waals surface area contributed by atoms with Gasteiger partial charge >= 0.3 is 0 Å². The van der Waals surface area contributed by atoms with Gasteiger partial charge in [0.05, 0.1) is 0 Å². The van der Waals surface area contributed by atoms with Crippen molar-refractivity contribution in [2.45, 2.75) is 19.1 Å². The van der Waals surface area contributed by atoms with E-state index in [1.165, 1.54) is 0 Å². The van der Waals surface area contributed by atoms with Gasteiger partial charge in [-0.05, 0) is 34.9 Å². The summed E-state index contributed by atoms with van der Waals surface area (Å²) >= 11 is 1.58. The van der Waals surface area contributed by atoms with Gasteiger partial charge in [-0.2, -0.15) is 11.3 Å². The highest BCUT2D eigenvalue weighted by molar-refractivity contribution is 7.07. The highest BCUT2D eigenvalue weighted by Gasteiger charge is 2.23. The van der Waals surface area contributed by atoms with E-state index in [1.54, 1.807) is 11.3 Å². The summed E-state index contributed by atoms with van der Waals surface area (Å²) in [6.07, 6.45) is -0.903. The van der Waals surface area contributed by atoms with Gasteiger partial charge in [0.2, 0.25) is 0 Å². The lowest BCUT2D eigenvalue weighted by Gasteiger charge is -2.22. The van der Waals surface area contributed by atoms with Crippen LogP contribution in [-0.2, 0) is 4.74 Å². The minimum absolute atomic E-state index is 0.296. The van der Waals surface area contributed by atoms with Gasteiger partial charge in [-0.25, -0.2) is 0 Å². The molecule has 90 valence electrons. The zero-order valence-corrected chi connectivity index (χ0v) is 10.6. The van der Waals surface area contributed by atoms with Crippen molar-refractivity contribution in [2.75, 3.05) is 6.61 Å². The molecule has 1 N–H and O–H groups in total. The fourth-order valence-electron chi connectivity index (χ4n) is 1.81. The van der Waals surface area contributed by atoms with Crippen molar-refractivity contribution in [1.82, 2.24) is 0 Å². The molecule has 0 aliphatic carbocycles. The van der Waals surface area contributed by atoms with Crippen LogP contribution in [0.3, 0.4) is 0 Å². The predicted molar refractivity (Wildman–Crippen MR) is 70.1 cm³/mol. The van der Waals surface area contributed by atoms with Gasteiger partial charge in [0.15, 0.2) is 0 Å². The molecule has 3 heteroatoms. The summed E-state index contributed by atoms with van der Waals surface area (Å²) in [7, 11) is 0. The number of ether oxygens (including phenoxy) is 1. The monoisotopic (exact) mass is 248 g/mol. The van der Waals surface area contributed by atoms with E-state index in [1.807, 2.05) is 54.1 Å². The van der Waals surface area contributed by atoms with Crippen LogP contribution in [0.25, 0.3) is 0 Å². The van der Waals surface area contributed by atoms with E-state index in [0.717, 1.165) is 11.1 Å². The quantitative estimate of drug-likeness (QED) is 0.876. The fourth-order valence-corrected chi connectivity index (χ4v) is 2.50. The van der Waals surface area contributed by atoms with Gasteiger partial charge in [-0.3, -0.25) is 0 Å². The average Bonchev–Trinajstić information content (AvgIpc) is 2.90. The molecular weight excluding hydrogens is 232 g/mol. The number of hydrogen-bond donors (Lipinski definition) is 1. The number of hydrogen-bond acceptors (Lipinski definition) is 3. The van der Waals surface area contributed by atoms with Crippen molar-refractivity contribution in [3.05, 3.63) is 58.3 Å². The Morgan fingerprint density at radius 2 is 1.94 bits per heavy atom. The Morgan fingerprint density at radius 1 is 1.18 bits per heavy atom. The standard InChI is InChI=1S/C14H16O2S/c1-2-16-14(11-6-4-3-5-7-11)13(15)12-8-9-17-10-12/h3-10,13-15H,2H2,1H3. The van der Waals surface area contributed by atoms with Gasteiger partial charge in [0, 0.05) is 6.61 Å². The molecular formula is C14H16O2S. The summed E-state index contributed by atoms with van der Waals surface area (Å²) in [5, 5.41) is 14.3. The Balaban J connectivity index is 2.23. The zero-order valence-electron chi connectivity index (χ0n) is 9.74. The molecule has 0 aliphatic heterocycles. The van der Waals surface area contributed by atoms with Crippen molar-refractivity contribution in [3.8, 4) is 0 Å². The van der Waals surface area contributed by atoms with Crippen LogP contribution in [0, 0.1) is 0 Å². The van der Waals surface area contributed by atoms with E-state index in [9.17, 15) is 5.11 Å². The molecule has 0 radical (unpaired) electrons. The lowest BCUT2D eigenvalue weighted by atomic mass is 10.0. The summed E-state index contributed by atoms with van der Waals surface area (Å²) in [5.74, 6) is 0. The third kappa shape index (κ3) is 2.94. The van der Waals surface area contributed by atoms with E-state index in [2.05, 4.69) is 0 Å². The van der Waals surface area contributed by atoms with Crippen molar-refractivity contribution >= 4 is 11.3 Å². The molecule has 0 saturated heterocycles. The van der Waals surface area contributed by atoms with Crippen LogP contribution >= 0.6 is 11.3 Å². The van der Waals surface area contributed by atoms with Crippen LogP contribution in [0.2, 0.25) is 0 Å². The minimum Gasteiger partial charge on any atom is -0.385 e. The number of thiophene rings is 1. The second kappa shape index (κ2) is 5.96. The van der Waals surface area contributed by atoms with E-state index in [-0.39, 0.29) is 6.10 Å². The van der Waals surface area contributed by atoms with Crippen LogP contribution in [0.5, 0.6) is 0 Å². The summed E-state index contributed by atoms with van der Waals surface area (Å²) < 4.78 is 5.67. The second-order valence-electron chi connectivity index (χ2n) is 3.79. The first-order valence-corrected chi connectivity index (χ1v) is 6.64. The Bertz CT molecular complexity index is 425. The van der Waals surface area contributed by atoms with Gasteiger partial charge in [0.1, 0.15) is 12.2 Å². The Morgan fingerprint density at radius 3 is 2.53 bits per heavy atom.